The van der Waals surface area contributed by atoms with Gasteiger partial charge in [-0.25, -0.2) is 0 Å². The molecule has 0 saturated carbocycles. The summed E-state index contributed by atoms with van der Waals surface area (Å²) < 4.78 is 11.7. The van der Waals surface area contributed by atoms with E-state index >= 15 is 0 Å². The maximum Gasteiger partial charge on any atom is 0.165 e. The number of fused-ring (bicyclic) bond motifs is 1. The van der Waals surface area contributed by atoms with Gasteiger partial charge in [0, 0.05) is 30.3 Å². The highest BCUT2D eigenvalue weighted by atomic mass is 16.5. The Morgan fingerprint density at radius 1 is 1.39 bits per heavy atom. The molecular weight excluding hydrogens is 228 g/mol. The van der Waals surface area contributed by atoms with Gasteiger partial charge in [0.15, 0.2) is 11.5 Å². The van der Waals surface area contributed by atoms with Crippen LogP contribution in [0.3, 0.4) is 0 Å². The van der Waals surface area contributed by atoms with Crippen LogP contribution in [0.2, 0.25) is 0 Å². The van der Waals surface area contributed by atoms with E-state index in [4.69, 9.17) is 15.2 Å². The van der Waals surface area contributed by atoms with Crippen LogP contribution in [0.5, 0.6) is 11.5 Å². The first-order valence-corrected chi connectivity index (χ1v) is 6.26. The van der Waals surface area contributed by atoms with Crippen molar-refractivity contribution < 1.29 is 9.47 Å². The topological polar surface area (TPSA) is 47.7 Å². The van der Waals surface area contributed by atoms with E-state index in [0.717, 1.165) is 35.7 Å². The number of nitrogens with two attached hydrogens (primary N) is 1. The smallest absolute Gasteiger partial charge is 0.165 e. The molecule has 1 aromatic rings. The Hall–Kier alpha value is -1.42. The van der Waals surface area contributed by atoms with Crippen LogP contribution in [0, 0.1) is 0 Å². The molecule has 0 fully saturated rings. The molecule has 0 unspecified atom stereocenters. The van der Waals surface area contributed by atoms with E-state index in [1.807, 2.05) is 26.2 Å². The van der Waals surface area contributed by atoms with Crippen molar-refractivity contribution in [3.05, 3.63) is 17.7 Å². The molecule has 0 saturated heterocycles. The van der Waals surface area contributed by atoms with Crippen molar-refractivity contribution in [3.63, 3.8) is 0 Å². The van der Waals surface area contributed by atoms with E-state index in [-0.39, 0.29) is 5.60 Å². The number of anilines is 1. The summed E-state index contributed by atoms with van der Waals surface area (Å²) >= 11 is 0. The van der Waals surface area contributed by atoms with E-state index in [1.165, 1.54) is 0 Å². The van der Waals surface area contributed by atoms with Crippen LogP contribution in [0.4, 0.5) is 5.69 Å². The summed E-state index contributed by atoms with van der Waals surface area (Å²) in [4.78, 5) is 2.08. The summed E-state index contributed by atoms with van der Waals surface area (Å²) in [7, 11) is 4.04. The maximum absolute atomic E-state index is 5.94. The van der Waals surface area contributed by atoms with Crippen LogP contribution in [0.1, 0.15) is 19.4 Å². The van der Waals surface area contributed by atoms with Gasteiger partial charge in [0.1, 0.15) is 12.2 Å². The third-order valence-electron chi connectivity index (χ3n) is 2.94. The van der Waals surface area contributed by atoms with Gasteiger partial charge in [-0.2, -0.15) is 0 Å². The molecule has 100 valence electrons. The Morgan fingerprint density at radius 2 is 2.11 bits per heavy atom. The van der Waals surface area contributed by atoms with Crippen molar-refractivity contribution in [1.29, 1.82) is 0 Å². The zero-order valence-corrected chi connectivity index (χ0v) is 11.6. The SMILES string of the molecule is CN(C)CCOc1cc(N)cc2c1OC(C)(C)C2. The lowest BCUT2D eigenvalue weighted by Gasteiger charge is -2.18. The fraction of sp³-hybridized carbons (Fsp3) is 0.571. The largest absolute Gasteiger partial charge is 0.488 e. The number of ether oxygens (including phenoxy) is 2. The van der Waals surface area contributed by atoms with Crippen LogP contribution in [-0.4, -0.2) is 37.7 Å². The molecular formula is C14H22N2O2. The van der Waals surface area contributed by atoms with Crippen molar-refractivity contribution >= 4 is 5.69 Å². The Balaban J connectivity index is 2.16. The van der Waals surface area contributed by atoms with Gasteiger partial charge in [-0.15, -0.1) is 0 Å². The fourth-order valence-electron chi connectivity index (χ4n) is 2.15. The summed E-state index contributed by atoms with van der Waals surface area (Å²) in [6.45, 7) is 5.65. The number of hydrogen-bond donors (Lipinski definition) is 1. The molecule has 0 spiro atoms. The molecule has 0 amide bonds. The molecule has 1 heterocycles. The summed E-state index contributed by atoms with van der Waals surface area (Å²) in [5.74, 6) is 1.62. The average molecular weight is 250 g/mol. The summed E-state index contributed by atoms with van der Waals surface area (Å²) in [5, 5.41) is 0. The van der Waals surface area contributed by atoms with Gasteiger partial charge in [-0.05, 0) is 34.0 Å². The van der Waals surface area contributed by atoms with Crippen molar-refractivity contribution in [2.45, 2.75) is 25.9 Å². The molecule has 1 aliphatic rings. The Bertz CT molecular complexity index is 442. The third kappa shape index (κ3) is 2.88. The zero-order valence-electron chi connectivity index (χ0n) is 11.6. The lowest BCUT2D eigenvalue weighted by atomic mass is 10.0. The highest BCUT2D eigenvalue weighted by Crippen LogP contribution is 2.43. The first-order chi connectivity index (χ1) is 8.37. The summed E-state index contributed by atoms with van der Waals surface area (Å²) in [6.07, 6.45) is 0.872. The minimum atomic E-state index is -0.171. The molecule has 0 atom stereocenters. The molecule has 4 heteroatoms. The van der Waals surface area contributed by atoms with Crippen molar-refractivity contribution in [1.82, 2.24) is 4.90 Å². The Kier molecular flexibility index (Phi) is 3.39. The monoisotopic (exact) mass is 250 g/mol. The molecule has 0 aromatic heterocycles. The summed E-state index contributed by atoms with van der Waals surface area (Å²) in [6, 6.07) is 3.82. The number of nitrogens with zero attached hydrogens (tertiary/aromatic N) is 1. The molecule has 0 radical (unpaired) electrons. The molecule has 4 nitrogen and oxygen atoms in total. The van der Waals surface area contributed by atoms with Gasteiger partial charge in [-0.1, -0.05) is 0 Å². The Labute approximate surface area is 109 Å². The molecule has 2 N–H and O–H groups in total. The lowest BCUT2D eigenvalue weighted by molar-refractivity contribution is 0.131. The van der Waals surface area contributed by atoms with Gasteiger partial charge in [0.2, 0.25) is 0 Å². The van der Waals surface area contributed by atoms with Crippen molar-refractivity contribution in [3.8, 4) is 11.5 Å². The minimum Gasteiger partial charge on any atom is -0.488 e. The second-order valence-corrected chi connectivity index (χ2v) is 5.70. The van der Waals surface area contributed by atoms with Gasteiger partial charge < -0.3 is 20.1 Å². The number of likely N-dealkylation sites (N-methyl/N-ethyl adjacent to an activating group) is 1. The van der Waals surface area contributed by atoms with Crippen LogP contribution in [-0.2, 0) is 6.42 Å². The van der Waals surface area contributed by atoms with Crippen LogP contribution in [0.25, 0.3) is 0 Å². The zero-order chi connectivity index (χ0) is 13.3. The average Bonchev–Trinajstić information content (AvgIpc) is 2.51. The fourth-order valence-corrected chi connectivity index (χ4v) is 2.15. The predicted molar refractivity (Wildman–Crippen MR) is 73.3 cm³/mol. The van der Waals surface area contributed by atoms with E-state index in [2.05, 4.69) is 18.7 Å². The van der Waals surface area contributed by atoms with E-state index < -0.39 is 0 Å². The van der Waals surface area contributed by atoms with Gasteiger partial charge in [-0.3, -0.25) is 0 Å². The van der Waals surface area contributed by atoms with E-state index in [9.17, 15) is 0 Å². The predicted octanol–water partition coefficient (Wildman–Crippen LogP) is 1.92. The second-order valence-electron chi connectivity index (χ2n) is 5.70. The standard InChI is InChI=1S/C14H22N2O2/c1-14(2)9-10-7-11(15)8-12(13(10)18-14)17-6-5-16(3)4/h7-8H,5-6,9,15H2,1-4H3. The molecule has 18 heavy (non-hydrogen) atoms. The third-order valence-corrected chi connectivity index (χ3v) is 2.94. The van der Waals surface area contributed by atoms with Crippen molar-refractivity contribution in [2.75, 3.05) is 33.0 Å². The van der Waals surface area contributed by atoms with Gasteiger partial charge in [0.25, 0.3) is 0 Å². The van der Waals surface area contributed by atoms with Gasteiger partial charge >= 0.3 is 0 Å². The normalized spacial score (nSPS) is 16.5. The van der Waals surface area contributed by atoms with Crippen molar-refractivity contribution in [2.24, 2.45) is 0 Å². The number of rotatable bonds is 4. The highest BCUT2D eigenvalue weighted by molar-refractivity contribution is 5.59. The quantitative estimate of drug-likeness (QED) is 0.829. The molecule has 1 aliphatic heterocycles. The van der Waals surface area contributed by atoms with E-state index in [1.54, 1.807) is 0 Å². The Morgan fingerprint density at radius 3 is 2.78 bits per heavy atom. The van der Waals surface area contributed by atoms with Crippen LogP contribution in [0.15, 0.2) is 12.1 Å². The first kappa shape index (κ1) is 13.0. The van der Waals surface area contributed by atoms with E-state index in [0.29, 0.717) is 6.61 Å². The van der Waals surface area contributed by atoms with Gasteiger partial charge in [0.05, 0.1) is 0 Å². The number of nitrogen functional groups attached to an aromatic ring is 1. The number of benzene rings is 1. The second kappa shape index (κ2) is 4.69. The first-order valence-electron chi connectivity index (χ1n) is 6.26. The molecule has 2 rings (SSSR count). The minimum absolute atomic E-state index is 0.171. The number of hydrogen-bond acceptors (Lipinski definition) is 4. The highest BCUT2D eigenvalue weighted by Gasteiger charge is 2.32. The summed E-state index contributed by atoms with van der Waals surface area (Å²) in [5.41, 5.74) is 7.61. The molecule has 0 bridgehead atoms. The lowest BCUT2D eigenvalue weighted by Crippen LogP contribution is -2.25. The maximum atomic E-state index is 5.94. The molecule has 0 aliphatic carbocycles. The van der Waals surface area contributed by atoms with Crippen LogP contribution < -0.4 is 15.2 Å². The van der Waals surface area contributed by atoms with Crippen LogP contribution >= 0.6 is 0 Å². The molecule has 1 aromatic carbocycles.